The fourth-order valence-corrected chi connectivity index (χ4v) is 4.82. The highest BCUT2D eigenvalue weighted by atomic mass is 16.5. The number of fused-ring (bicyclic) bond motifs is 3. The van der Waals surface area contributed by atoms with Crippen LogP contribution < -0.4 is 18.9 Å². The summed E-state index contributed by atoms with van der Waals surface area (Å²) in [5, 5.41) is 23.5. The molecule has 0 bridgehead atoms. The largest absolute Gasteiger partial charge is 0.494 e. The first-order chi connectivity index (χ1) is 17.2. The number of aliphatic hydroxyl groups excluding tert-OH is 1. The lowest BCUT2D eigenvalue weighted by atomic mass is 9.80. The summed E-state index contributed by atoms with van der Waals surface area (Å²) in [5.74, 6) is 2.28. The molecule has 0 saturated heterocycles. The number of aryl methyl sites for hydroxylation is 1. The van der Waals surface area contributed by atoms with E-state index >= 15 is 0 Å². The van der Waals surface area contributed by atoms with E-state index in [-0.39, 0.29) is 6.61 Å². The van der Waals surface area contributed by atoms with E-state index in [9.17, 15) is 10.2 Å². The quantitative estimate of drug-likeness (QED) is 0.479. The van der Waals surface area contributed by atoms with Gasteiger partial charge in [0, 0.05) is 17.2 Å². The molecule has 0 saturated carbocycles. The standard InChI is InChI=1S/C30H32O6/c1-5-33-21-11-12-23(25(16-21)34-17-20-9-7-6-8-10-20)30(32)18-35-27-22-13-14-29(3,4)36-24(22)15-19(2)26(27)28(30)31/h6-16,28,31-32H,5,17-18H2,1-4H3. The van der Waals surface area contributed by atoms with Crippen molar-refractivity contribution in [2.45, 2.75) is 51.6 Å². The van der Waals surface area contributed by atoms with E-state index < -0.39 is 17.3 Å². The van der Waals surface area contributed by atoms with E-state index in [0.717, 1.165) is 16.7 Å². The highest BCUT2D eigenvalue weighted by molar-refractivity contribution is 5.71. The minimum absolute atomic E-state index is 0.149. The van der Waals surface area contributed by atoms with Crippen molar-refractivity contribution < 1.29 is 29.2 Å². The van der Waals surface area contributed by atoms with Gasteiger partial charge in [-0.2, -0.15) is 0 Å². The molecule has 0 aliphatic carbocycles. The Morgan fingerprint density at radius 3 is 2.58 bits per heavy atom. The average molecular weight is 489 g/mol. The molecule has 2 N–H and O–H groups in total. The van der Waals surface area contributed by atoms with Crippen LogP contribution in [-0.4, -0.2) is 29.0 Å². The molecule has 0 amide bonds. The van der Waals surface area contributed by atoms with Gasteiger partial charge >= 0.3 is 0 Å². The molecule has 6 nitrogen and oxygen atoms in total. The van der Waals surface area contributed by atoms with Crippen LogP contribution in [0.2, 0.25) is 0 Å². The zero-order valence-corrected chi connectivity index (χ0v) is 21.1. The van der Waals surface area contributed by atoms with Gasteiger partial charge in [-0.25, -0.2) is 0 Å². The third kappa shape index (κ3) is 4.31. The van der Waals surface area contributed by atoms with Gasteiger partial charge in [-0.3, -0.25) is 0 Å². The maximum absolute atomic E-state index is 11.9. The fourth-order valence-electron chi connectivity index (χ4n) is 4.82. The van der Waals surface area contributed by atoms with Crippen LogP contribution >= 0.6 is 0 Å². The van der Waals surface area contributed by atoms with Crippen LogP contribution in [0.3, 0.4) is 0 Å². The first-order valence-electron chi connectivity index (χ1n) is 12.2. The van der Waals surface area contributed by atoms with Crippen molar-refractivity contribution in [2.24, 2.45) is 0 Å². The first kappa shape index (κ1) is 24.2. The summed E-state index contributed by atoms with van der Waals surface area (Å²) in [6.07, 6.45) is 2.68. The van der Waals surface area contributed by atoms with E-state index in [2.05, 4.69) is 0 Å². The maximum atomic E-state index is 11.9. The van der Waals surface area contributed by atoms with Crippen LogP contribution in [0.1, 0.15) is 54.7 Å². The molecule has 6 heteroatoms. The van der Waals surface area contributed by atoms with Crippen molar-refractivity contribution in [1.82, 2.24) is 0 Å². The minimum Gasteiger partial charge on any atom is -0.494 e. The number of hydrogen-bond acceptors (Lipinski definition) is 6. The van der Waals surface area contributed by atoms with Gasteiger partial charge in [0.1, 0.15) is 47.9 Å². The van der Waals surface area contributed by atoms with E-state index in [0.29, 0.717) is 47.3 Å². The van der Waals surface area contributed by atoms with Crippen LogP contribution in [0.15, 0.2) is 60.7 Å². The SMILES string of the molecule is CCOc1ccc(C2(O)COc3c4c(cc(C)c3C2O)OC(C)(C)C=C4)c(OCc2ccccc2)c1. The van der Waals surface area contributed by atoms with Crippen LogP contribution in [-0.2, 0) is 12.2 Å². The molecule has 36 heavy (non-hydrogen) atoms. The topological polar surface area (TPSA) is 77.4 Å². The van der Waals surface area contributed by atoms with Gasteiger partial charge in [-0.15, -0.1) is 0 Å². The number of hydrogen-bond donors (Lipinski definition) is 2. The highest BCUT2D eigenvalue weighted by Crippen LogP contribution is 2.52. The lowest BCUT2D eigenvalue weighted by Crippen LogP contribution is -2.44. The lowest BCUT2D eigenvalue weighted by Gasteiger charge is -2.41. The molecule has 2 heterocycles. The summed E-state index contributed by atoms with van der Waals surface area (Å²) in [7, 11) is 0. The minimum atomic E-state index is -1.73. The zero-order valence-electron chi connectivity index (χ0n) is 21.1. The van der Waals surface area contributed by atoms with Gasteiger partial charge in [0.25, 0.3) is 0 Å². The number of benzene rings is 3. The number of ether oxygens (including phenoxy) is 4. The summed E-state index contributed by atoms with van der Waals surface area (Å²) < 4.78 is 24.2. The Morgan fingerprint density at radius 1 is 1.06 bits per heavy atom. The molecule has 2 atom stereocenters. The van der Waals surface area contributed by atoms with Crippen molar-refractivity contribution in [2.75, 3.05) is 13.2 Å². The molecular formula is C30H32O6. The molecule has 5 rings (SSSR count). The highest BCUT2D eigenvalue weighted by Gasteiger charge is 2.48. The predicted molar refractivity (Wildman–Crippen MR) is 138 cm³/mol. The summed E-state index contributed by atoms with van der Waals surface area (Å²) in [6.45, 7) is 8.41. The second-order valence-corrected chi connectivity index (χ2v) is 9.87. The smallest absolute Gasteiger partial charge is 0.157 e. The molecule has 2 unspecified atom stereocenters. The molecule has 0 fully saturated rings. The Labute approximate surface area is 211 Å². The zero-order chi connectivity index (χ0) is 25.5. The van der Waals surface area contributed by atoms with Gasteiger partial charge < -0.3 is 29.2 Å². The van der Waals surface area contributed by atoms with E-state index in [1.807, 2.05) is 76.2 Å². The predicted octanol–water partition coefficient (Wildman–Crippen LogP) is 5.47. The molecule has 2 aliphatic rings. The third-order valence-corrected chi connectivity index (χ3v) is 6.68. The van der Waals surface area contributed by atoms with Crippen molar-refractivity contribution in [3.8, 4) is 23.0 Å². The summed E-state index contributed by atoms with van der Waals surface area (Å²) >= 11 is 0. The Morgan fingerprint density at radius 2 is 1.83 bits per heavy atom. The molecule has 3 aromatic rings. The number of rotatable bonds is 6. The lowest BCUT2D eigenvalue weighted by molar-refractivity contribution is -0.123. The van der Waals surface area contributed by atoms with E-state index in [1.165, 1.54) is 0 Å². The third-order valence-electron chi connectivity index (χ3n) is 6.68. The number of aliphatic hydroxyl groups is 2. The summed E-state index contributed by atoms with van der Waals surface area (Å²) in [4.78, 5) is 0. The Kier molecular flexibility index (Phi) is 6.18. The second kappa shape index (κ2) is 9.19. The molecule has 2 aliphatic heterocycles. The monoisotopic (exact) mass is 488 g/mol. The summed E-state index contributed by atoms with van der Waals surface area (Å²) in [5.41, 5.74) is 1.33. The normalized spacial score (nSPS) is 21.6. The van der Waals surface area contributed by atoms with Crippen molar-refractivity contribution in [3.05, 3.63) is 88.5 Å². The van der Waals surface area contributed by atoms with E-state index in [4.69, 9.17) is 18.9 Å². The molecule has 188 valence electrons. The van der Waals surface area contributed by atoms with Crippen LogP contribution in [0, 0.1) is 6.92 Å². The van der Waals surface area contributed by atoms with Crippen LogP contribution in [0.4, 0.5) is 0 Å². The van der Waals surface area contributed by atoms with Gasteiger partial charge in [-0.05, 0) is 69.2 Å². The van der Waals surface area contributed by atoms with Gasteiger partial charge in [-0.1, -0.05) is 30.3 Å². The Balaban J connectivity index is 1.54. The Hall–Kier alpha value is -3.48. The maximum Gasteiger partial charge on any atom is 0.157 e. The van der Waals surface area contributed by atoms with Crippen molar-refractivity contribution in [1.29, 1.82) is 0 Å². The van der Waals surface area contributed by atoms with E-state index in [1.54, 1.807) is 18.2 Å². The Bertz CT molecular complexity index is 1300. The fraction of sp³-hybridized carbons (Fsp3) is 0.333. The van der Waals surface area contributed by atoms with Gasteiger partial charge in [0.15, 0.2) is 5.60 Å². The molecular weight excluding hydrogens is 456 g/mol. The second-order valence-electron chi connectivity index (χ2n) is 9.87. The average Bonchev–Trinajstić information content (AvgIpc) is 2.85. The van der Waals surface area contributed by atoms with Crippen molar-refractivity contribution in [3.63, 3.8) is 0 Å². The molecule has 3 aromatic carbocycles. The first-order valence-corrected chi connectivity index (χ1v) is 12.2. The van der Waals surface area contributed by atoms with Gasteiger partial charge in [0.2, 0.25) is 0 Å². The van der Waals surface area contributed by atoms with Crippen LogP contribution in [0.5, 0.6) is 23.0 Å². The molecule has 0 spiro atoms. The molecule has 0 aromatic heterocycles. The molecule has 0 radical (unpaired) electrons. The van der Waals surface area contributed by atoms with Gasteiger partial charge in [0.05, 0.1) is 12.2 Å². The summed E-state index contributed by atoms with van der Waals surface area (Å²) in [6, 6.07) is 16.9. The van der Waals surface area contributed by atoms with Crippen LogP contribution in [0.25, 0.3) is 6.08 Å². The van der Waals surface area contributed by atoms with Crippen molar-refractivity contribution >= 4 is 6.08 Å².